The Morgan fingerprint density at radius 1 is 1.28 bits per heavy atom. The normalized spacial score (nSPS) is 20.1. The standard InChI is InChI=1S/C16H19NO/c1-2-3-5-12-16(18)17-13-8-11-15(17)14-9-6-4-7-10-14/h2-7,9-10,12,15H,8,11,13H2,1H3/b3-2+,12-5+. The van der Waals surface area contributed by atoms with Gasteiger partial charge >= 0.3 is 0 Å². The van der Waals surface area contributed by atoms with E-state index < -0.39 is 0 Å². The van der Waals surface area contributed by atoms with Gasteiger partial charge in [0, 0.05) is 12.6 Å². The fraction of sp³-hybridized carbons (Fsp3) is 0.312. The summed E-state index contributed by atoms with van der Waals surface area (Å²) in [6, 6.07) is 10.5. The largest absolute Gasteiger partial charge is 0.332 e. The Morgan fingerprint density at radius 2 is 2.06 bits per heavy atom. The first-order valence-corrected chi connectivity index (χ1v) is 6.48. The number of nitrogens with zero attached hydrogens (tertiary/aromatic N) is 1. The third-order valence-electron chi connectivity index (χ3n) is 3.26. The summed E-state index contributed by atoms with van der Waals surface area (Å²) >= 11 is 0. The van der Waals surface area contributed by atoms with Crippen molar-refractivity contribution in [1.82, 2.24) is 4.90 Å². The molecule has 1 unspecified atom stereocenters. The molecule has 1 saturated heterocycles. The molecule has 94 valence electrons. The van der Waals surface area contributed by atoms with Crippen LogP contribution in [0.2, 0.25) is 0 Å². The Labute approximate surface area is 109 Å². The van der Waals surface area contributed by atoms with Gasteiger partial charge in [-0.05, 0) is 25.3 Å². The zero-order valence-electron chi connectivity index (χ0n) is 10.8. The fourth-order valence-corrected chi connectivity index (χ4v) is 2.40. The van der Waals surface area contributed by atoms with E-state index in [1.165, 1.54) is 5.56 Å². The van der Waals surface area contributed by atoms with Crippen LogP contribution in [0.3, 0.4) is 0 Å². The van der Waals surface area contributed by atoms with E-state index in [-0.39, 0.29) is 11.9 Å². The molecule has 0 radical (unpaired) electrons. The van der Waals surface area contributed by atoms with Gasteiger partial charge in [-0.15, -0.1) is 0 Å². The Bertz CT molecular complexity index is 447. The number of carbonyl (C=O) groups is 1. The van der Waals surface area contributed by atoms with Crippen LogP contribution in [0.1, 0.15) is 31.4 Å². The fourth-order valence-electron chi connectivity index (χ4n) is 2.40. The van der Waals surface area contributed by atoms with Crippen molar-refractivity contribution in [3.05, 3.63) is 60.2 Å². The Kier molecular flexibility index (Phi) is 4.35. The Morgan fingerprint density at radius 3 is 2.78 bits per heavy atom. The molecule has 1 aliphatic rings. The van der Waals surface area contributed by atoms with Crippen molar-refractivity contribution >= 4 is 5.91 Å². The smallest absolute Gasteiger partial charge is 0.247 e. The van der Waals surface area contributed by atoms with Crippen molar-refractivity contribution in [2.45, 2.75) is 25.8 Å². The molecule has 0 spiro atoms. The number of carbonyl (C=O) groups excluding carboxylic acids is 1. The zero-order valence-corrected chi connectivity index (χ0v) is 10.8. The highest BCUT2D eigenvalue weighted by molar-refractivity contribution is 5.88. The van der Waals surface area contributed by atoms with Gasteiger partial charge in [0.15, 0.2) is 0 Å². The number of rotatable bonds is 3. The molecule has 18 heavy (non-hydrogen) atoms. The third kappa shape index (κ3) is 2.89. The average molecular weight is 241 g/mol. The minimum absolute atomic E-state index is 0.111. The van der Waals surface area contributed by atoms with E-state index in [1.807, 2.05) is 48.3 Å². The second-order valence-electron chi connectivity index (χ2n) is 4.49. The third-order valence-corrected chi connectivity index (χ3v) is 3.26. The first-order valence-electron chi connectivity index (χ1n) is 6.48. The van der Waals surface area contributed by atoms with E-state index in [2.05, 4.69) is 12.1 Å². The van der Waals surface area contributed by atoms with Gasteiger partial charge in [0.25, 0.3) is 0 Å². The van der Waals surface area contributed by atoms with Gasteiger partial charge < -0.3 is 4.90 Å². The molecule has 2 heteroatoms. The van der Waals surface area contributed by atoms with E-state index in [9.17, 15) is 4.79 Å². The van der Waals surface area contributed by atoms with Gasteiger partial charge in [0.1, 0.15) is 0 Å². The first kappa shape index (κ1) is 12.6. The molecule has 1 heterocycles. The van der Waals surface area contributed by atoms with Crippen LogP contribution in [0.5, 0.6) is 0 Å². The van der Waals surface area contributed by atoms with Crippen LogP contribution >= 0.6 is 0 Å². The molecule has 0 aromatic heterocycles. The number of likely N-dealkylation sites (tertiary alicyclic amines) is 1. The van der Waals surface area contributed by atoms with Crippen LogP contribution in [-0.2, 0) is 4.79 Å². The minimum atomic E-state index is 0.111. The van der Waals surface area contributed by atoms with Crippen molar-refractivity contribution in [2.24, 2.45) is 0 Å². The van der Waals surface area contributed by atoms with E-state index in [4.69, 9.17) is 0 Å². The molecule has 1 amide bonds. The van der Waals surface area contributed by atoms with Crippen LogP contribution in [0.15, 0.2) is 54.6 Å². The van der Waals surface area contributed by atoms with Crippen molar-refractivity contribution in [2.75, 3.05) is 6.54 Å². The monoisotopic (exact) mass is 241 g/mol. The minimum Gasteiger partial charge on any atom is -0.332 e. The summed E-state index contributed by atoms with van der Waals surface area (Å²) in [6.07, 6.45) is 9.41. The molecule has 0 N–H and O–H groups in total. The lowest BCUT2D eigenvalue weighted by Gasteiger charge is -2.23. The highest BCUT2D eigenvalue weighted by Crippen LogP contribution is 2.31. The lowest BCUT2D eigenvalue weighted by atomic mass is 10.0. The molecule has 0 bridgehead atoms. The predicted octanol–water partition coefficient (Wildman–Crippen LogP) is 3.48. The molecule has 1 atom stereocenters. The summed E-state index contributed by atoms with van der Waals surface area (Å²) in [5.41, 5.74) is 1.24. The van der Waals surface area contributed by atoms with Crippen LogP contribution < -0.4 is 0 Å². The van der Waals surface area contributed by atoms with Crippen LogP contribution in [0.25, 0.3) is 0 Å². The molecule has 1 aliphatic heterocycles. The predicted molar refractivity (Wildman–Crippen MR) is 74.1 cm³/mol. The summed E-state index contributed by atoms with van der Waals surface area (Å²) < 4.78 is 0. The lowest BCUT2D eigenvalue weighted by molar-refractivity contribution is -0.126. The molecular formula is C16H19NO. The van der Waals surface area contributed by atoms with Crippen LogP contribution in [-0.4, -0.2) is 17.4 Å². The SMILES string of the molecule is C/C=C/C=C/C(=O)N1CCCC1c1ccccc1. The lowest BCUT2D eigenvalue weighted by Crippen LogP contribution is -2.28. The van der Waals surface area contributed by atoms with Gasteiger partial charge in [-0.1, -0.05) is 48.6 Å². The summed E-state index contributed by atoms with van der Waals surface area (Å²) in [6.45, 7) is 2.80. The summed E-state index contributed by atoms with van der Waals surface area (Å²) in [7, 11) is 0. The molecule has 1 aromatic rings. The van der Waals surface area contributed by atoms with E-state index in [0.29, 0.717) is 0 Å². The molecule has 2 nitrogen and oxygen atoms in total. The molecule has 2 rings (SSSR count). The van der Waals surface area contributed by atoms with Crippen molar-refractivity contribution < 1.29 is 4.79 Å². The van der Waals surface area contributed by atoms with Crippen molar-refractivity contribution in [3.8, 4) is 0 Å². The van der Waals surface area contributed by atoms with Crippen LogP contribution in [0, 0.1) is 0 Å². The molecular weight excluding hydrogens is 222 g/mol. The number of benzene rings is 1. The van der Waals surface area contributed by atoms with Gasteiger partial charge in [0.2, 0.25) is 5.91 Å². The number of hydrogen-bond donors (Lipinski definition) is 0. The maximum absolute atomic E-state index is 12.1. The topological polar surface area (TPSA) is 20.3 Å². The summed E-state index contributed by atoms with van der Waals surface area (Å²) in [4.78, 5) is 14.1. The second-order valence-corrected chi connectivity index (χ2v) is 4.49. The van der Waals surface area contributed by atoms with E-state index in [1.54, 1.807) is 6.08 Å². The number of hydrogen-bond acceptors (Lipinski definition) is 1. The quantitative estimate of drug-likeness (QED) is 0.586. The zero-order chi connectivity index (χ0) is 12.8. The molecule has 0 saturated carbocycles. The maximum atomic E-state index is 12.1. The number of allylic oxidation sites excluding steroid dienone is 3. The summed E-state index contributed by atoms with van der Waals surface area (Å²) in [5.74, 6) is 0.111. The highest BCUT2D eigenvalue weighted by atomic mass is 16.2. The molecule has 1 fully saturated rings. The van der Waals surface area contributed by atoms with Gasteiger partial charge in [-0.25, -0.2) is 0 Å². The Balaban J connectivity index is 2.10. The number of amides is 1. The second kappa shape index (κ2) is 6.20. The van der Waals surface area contributed by atoms with E-state index >= 15 is 0 Å². The average Bonchev–Trinajstić information content (AvgIpc) is 2.89. The van der Waals surface area contributed by atoms with Crippen molar-refractivity contribution in [3.63, 3.8) is 0 Å². The van der Waals surface area contributed by atoms with Gasteiger partial charge in [-0.3, -0.25) is 4.79 Å². The van der Waals surface area contributed by atoms with E-state index in [0.717, 1.165) is 19.4 Å². The highest BCUT2D eigenvalue weighted by Gasteiger charge is 2.28. The van der Waals surface area contributed by atoms with Gasteiger partial charge in [-0.2, -0.15) is 0 Å². The molecule has 0 aliphatic carbocycles. The van der Waals surface area contributed by atoms with Gasteiger partial charge in [0.05, 0.1) is 6.04 Å². The van der Waals surface area contributed by atoms with Crippen molar-refractivity contribution in [1.29, 1.82) is 0 Å². The molecule has 1 aromatic carbocycles. The maximum Gasteiger partial charge on any atom is 0.247 e. The first-order chi connectivity index (χ1) is 8.83. The summed E-state index contributed by atoms with van der Waals surface area (Å²) in [5, 5.41) is 0. The Hall–Kier alpha value is -1.83. The van der Waals surface area contributed by atoms with Crippen LogP contribution in [0.4, 0.5) is 0 Å².